The molecule has 1 aromatic rings. The fourth-order valence-corrected chi connectivity index (χ4v) is 0.520. The summed E-state index contributed by atoms with van der Waals surface area (Å²) in [6, 6.07) is 2.79. The van der Waals surface area contributed by atoms with Crippen molar-refractivity contribution in [1.29, 1.82) is 0 Å². The molecule has 0 unspecified atom stereocenters. The Morgan fingerprint density at radius 3 is 2.89 bits per heavy atom. The van der Waals surface area contributed by atoms with Gasteiger partial charge in [0.05, 0.1) is 12.9 Å². The molecule has 0 aromatic carbocycles. The van der Waals surface area contributed by atoms with Gasteiger partial charge in [-0.25, -0.2) is 4.79 Å². The van der Waals surface area contributed by atoms with Crippen molar-refractivity contribution in [2.24, 2.45) is 0 Å². The lowest BCUT2D eigenvalue weighted by molar-refractivity contribution is 0.280. The van der Waals surface area contributed by atoms with Crippen LogP contribution in [-0.4, -0.2) is 5.11 Å². The topological polar surface area (TPSA) is 50.4 Å². The molecular weight excluding hydrogens is 120 g/mol. The maximum absolute atomic E-state index is 10.4. The zero-order valence-electron chi connectivity index (χ0n) is 4.70. The highest BCUT2D eigenvalue weighted by molar-refractivity contribution is 5.05. The van der Waals surface area contributed by atoms with Gasteiger partial charge in [-0.15, -0.1) is 0 Å². The summed E-state index contributed by atoms with van der Waals surface area (Å²) in [6.45, 7) is -0.119. The van der Waals surface area contributed by atoms with E-state index in [4.69, 9.17) is 5.11 Å². The zero-order chi connectivity index (χ0) is 6.69. The van der Waals surface area contributed by atoms with Gasteiger partial charge in [-0.3, -0.25) is 0 Å². The van der Waals surface area contributed by atoms with Crippen LogP contribution in [0.25, 0.3) is 0 Å². The molecule has 1 N–H and O–H groups in total. The minimum Gasteiger partial charge on any atom is -0.431 e. The second-order valence-electron chi connectivity index (χ2n) is 1.62. The second kappa shape index (κ2) is 2.46. The third-order valence-electron chi connectivity index (χ3n) is 0.952. The summed E-state index contributed by atoms with van der Waals surface area (Å²) in [7, 11) is 0. The predicted octanol–water partition coefficient (Wildman–Crippen LogP) is 0.132. The molecule has 0 saturated carbocycles. The van der Waals surface area contributed by atoms with E-state index in [0.29, 0.717) is 5.56 Å². The lowest BCUT2D eigenvalue weighted by atomic mass is 10.3. The monoisotopic (exact) mass is 126 g/mol. The molecule has 0 saturated heterocycles. The number of hydrogen-bond acceptors (Lipinski definition) is 3. The first-order chi connectivity index (χ1) is 4.33. The molecule has 1 heterocycles. The molecule has 0 radical (unpaired) electrons. The molecule has 0 aliphatic rings. The summed E-state index contributed by atoms with van der Waals surface area (Å²) < 4.78 is 4.40. The van der Waals surface area contributed by atoms with E-state index in [1.165, 1.54) is 12.3 Å². The van der Waals surface area contributed by atoms with E-state index in [2.05, 4.69) is 4.42 Å². The first kappa shape index (κ1) is 6.04. The summed E-state index contributed by atoms with van der Waals surface area (Å²) in [5.41, 5.74) is 0.146. The summed E-state index contributed by atoms with van der Waals surface area (Å²) >= 11 is 0. The highest BCUT2D eigenvalue weighted by Crippen LogP contribution is 1.91. The molecular formula is C6H6O3. The molecule has 0 aliphatic heterocycles. The lowest BCUT2D eigenvalue weighted by Gasteiger charge is -1.88. The van der Waals surface area contributed by atoms with Gasteiger partial charge < -0.3 is 9.52 Å². The van der Waals surface area contributed by atoms with Crippen molar-refractivity contribution in [1.82, 2.24) is 0 Å². The van der Waals surface area contributed by atoms with Crippen LogP contribution in [0.1, 0.15) is 5.56 Å². The predicted molar refractivity (Wildman–Crippen MR) is 30.9 cm³/mol. The summed E-state index contributed by atoms with van der Waals surface area (Å²) in [5.74, 6) is 0. The number of aliphatic hydroxyl groups is 1. The molecule has 0 aliphatic carbocycles. The van der Waals surface area contributed by atoms with Crippen LogP contribution in [0.15, 0.2) is 27.6 Å². The van der Waals surface area contributed by atoms with Crippen LogP contribution in [0, 0.1) is 0 Å². The number of rotatable bonds is 1. The van der Waals surface area contributed by atoms with Crippen LogP contribution in [0.4, 0.5) is 0 Å². The van der Waals surface area contributed by atoms with Gasteiger partial charge in [-0.05, 0) is 11.6 Å². The SMILES string of the molecule is O=c1cc(CO)cco1. The van der Waals surface area contributed by atoms with Gasteiger partial charge in [0.25, 0.3) is 0 Å². The van der Waals surface area contributed by atoms with Crippen LogP contribution in [0.5, 0.6) is 0 Å². The van der Waals surface area contributed by atoms with Gasteiger partial charge in [0, 0.05) is 6.07 Å². The third kappa shape index (κ3) is 1.40. The smallest absolute Gasteiger partial charge is 0.335 e. The standard InChI is InChI=1S/C6H6O3/c7-4-5-1-2-9-6(8)3-5/h1-3,7H,4H2. The van der Waals surface area contributed by atoms with Gasteiger partial charge in [0.2, 0.25) is 0 Å². The third-order valence-corrected chi connectivity index (χ3v) is 0.952. The van der Waals surface area contributed by atoms with Crippen molar-refractivity contribution in [3.05, 3.63) is 34.4 Å². The average molecular weight is 126 g/mol. The van der Waals surface area contributed by atoms with Crippen molar-refractivity contribution in [2.45, 2.75) is 6.61 Å². The number of hydrogen-bond donors (Lipinski definition) is 1. The van der Waals surface area contributed by atoms with Gasteiger partial charge in [-0.1, -0.05) is 0 Å². The molecule has 0 spiro atoms. The van der Waals surface area contributed by atoms with Crippen LogP contribution in [0.3, 0.4) is 0 Å². The normalized spacial score (nSPS) is 9.44. The van der Waals surface area contributed by atoms with E-state index in [-0.39, 0.29) is 6.61 Å². The molecule has 0 amide bonds. The van der Waals surface area contributed by atoms with Crippen LogP contribution in [0.2, 0.25) is 0 Å². The second-order valence-corrected chi connectivity index (χ2v) is 1.62. The van der Waals surface area contributed by atoms with Crippen LogP contribution >= 0.6 is 0 Å². The largest absolute Gasteiger partial charge is 0.431 e. The average Bonchev–Trinajstić information content (AvgIpc) is 1.88. The van der Waals surface area contributed by atoms with Gasteiger partial charge in [0.15, 0.2) is 0 Å². The van der Waals surface area contributed by atoms with E-state index in [1.807, 2.05) is 0 Å². The zero-order valence-corrected chi connectivity index (χ0v) is 4.70. The Kier molecular flexibility index (Phi) is 1.65. The first-order valence-corrected chi connectivity index (χ1v) is 2.51. The van der Waals surface area contributed by atoms with E-state index >= 15 is 0 Å². The van der Waals surface area contributed by atoms with E-state index in [0.717, 1.165) is 0 Å². The molecule has 0 fully saturated rings. The maximum Gasteiger partial charge on any atom is 0.335 e. The van der Waals surface area contributed by atoms with E-state index in [9.17, 15) is 4.79 Å². The highest BCUT2D eigenvalue weighted by Gasteiger charge is 1.88. The Bertz CT molecular complexity index is 238. The van der Waals surface area contributed by atoms with E-state index in [1.54, 1.807) is 6.07 Å². The molecule has 0 atom stereocenters. The van der Waals surface area contributed by atoms with Gasteiger partial charge >= 0.3 is 5.63 Å². The molecule has 48 valence electrons. The van der Waals surface area contributed by atoms with Gasteiger partial charge in [-0.2, -0.15) is 0 Å². The van der Waals surface area contributed by atoms with Crippen molar-refractivity contribution in [3.8, 4) is 0 Å². The summed E-state index contributed by atoms with van der Waals surface area (Å²) in [6.07, 6.45) is 1.26. The Morgan fingerprint density at radius 1 is 1.67 bits per heavy atom. The Balaban J connectivity index is 3.08. The molecule has 3 heteroatoms. The molecule has 1 aromatic heterocycles. The van der Waals surface area contributed by atoms with Crippen LogP contribution in [-0.2, 0) is 6.61 Å². The van der Waals surface area contributed by atoms with Crippen molar-refractivity contribution >= 4 is 0 Å². The fourth-order valence-electron chi connectivity index (χ4n) is 0.520. The molecule has 3 nitrogen and oxygen atoms in total. The Morgan fingerprint density at radius 2 is 2.44 bits per heavy atom. The fraction of sp³-hybridized carbons (Fsp3) is 0.167. The van der Waals surface area contributed by atoms with E-state index < -0.39 is 5.63 Å². The minimum atomic E-state index is -0.429. The van der Waals surface area contributed by atoms with Crippen molar-refractivity contribution in [2.75, 3.05) is 0 Å². The lowest BCUT2D eigenvalue weighted by Crippen LogP contribution is -1.97. The molecule has 0 bridgehead atoms. The quantitative estimate of drug-likeness (QED) is 0.582. The highest BCUT2D eigenvalue weighted by atomic mass is 16.4. The maximum atomic E-state index is 10.4. The number of aliphatic hydroxyl groups excluding tert-OH is 1. The summed E-state index contributed by atoms with van der Waals surface area (Å²) in [5, 5.41) is 8.48. The first-order valence-electron chi connectivity index (χ1n) is 2.51. The van der Waals surface area contributed by atoms with Gasteiger partial charge in [0.1, 0.15) is 0 Å². The minimum absolute atomic E-state index is 0.119. The Hall–Kier alpha value is -1.09. The molecule has 1 rings (SSSR count). The van der Waals surface area contributed by atoms with Crippen molar-refractivity contribution < 1.29 is 9.52 Å². The molecule has 9 heavy (non-hydrogen) atoms. The summed E-state index contributed by atoms with van der Waals surface area (Å²) in [4.78, 5) is 10.4. The Labute approximate surface area is 51.6 Å². The van der Waals surface area contributed by atoms with Crippen molar-refractivity contribution in [3.63, 3.8) is 0 Å². The van der Waals surface area contributed by atoms with Crippen LogP contribution < -0.4 is 5.63 Å².